The van der Waals surface area contributed by atoms with Crippen LogP contribution in [-0.4, -0.2) is 39.9 Å². The van der Waals surface area contributed by atoms with E-state index >= 15 is 0 Å². The highest BCUT2D eigenvalue weighted by atomic mass is 32.2. The topological polar surface area (TPSA) is 67.9 Å². The van der Waals surface area contributed by atoms with Gasteiger partial charge in [0.1, 0.15) is 5.82 Å². The van der Waals surface area contributed by atoms with E-state index in [2.05, 4.69) is 5.43 Å². The van der Waals surface area contributed by atoms with Crippen molar-refractivity contribution in [2.75, 3.05) is 26.5 Å². The first-order chi connectivity index (χ1) is 14.7. The molecule has 0 spiro atoms. The molecule has 0 fully saturated rings. The van der Waals surface area contributed by atoms with Gasteiger partial charge >= 0.3 is 0 Å². The molecule has 1 aliphatic heterocycles. The van der Waals surface area contributed by atoms with E-state index in [1.54, 1.807) is 35.5 Å². The minimum atomic E-state index is -3.61. The van der Waals surface area contributed by atoms with E-state index < -0.39 is 15.9 Å². The summed E-state index contributed by atoms with van der Waals surface area (Å²) < 4.78 is 59.9. The second-order valence-electron chi connectivity index (χ2n) is 7.11. The molecule has 0 unspecified atom stereocenters. The van der Waals surface area contributed by atoms with E-state index in [-0.39, 0.29) is 18.2 Å². The second-order valence-corrected chi connectivity index (χ2v) is 8.76. The van der Waals surface area contributed by atoms with Gasteiger partial charge in [0.15, 0.2) is 11.6 Å². The molecule has 0 saturated heterocycles. The van der Waals surface area contributed by atoms with Crippen LogP contribution in [0, 0.1) is 11.6 Å². The first-order valence-corrected chi connectivity index (χ1v) is 11.4. The Bertz CT molecular complexity index is 1080. The Morgan fingerprint density at radius 1 is 1.10 bits per heavy atom. The van der Waals surface area contributed by atoms with Gasteiger partial charge in [-0.3, -0.25) is 14.6 Å². The summed E-state index contributed by atoms with van der Waals surface area (Å²) in [5.41, 5.74) is 5.99. The van der Waals surface area contributed by atoms with Crippen molar-refractivity contribution in [1.82, 2.24) is 10.4 Å². The smallest absolute Gasteiger partial charge is 0.264 e. The van der Waals surface area contributed by atoms with Gasteiger partial charge in [0.05, 0.1) is 25.7 Å². The molecule has 0 amide bonds. The van der Waals surface area contributed by atoms with Crippen molar-refractivity contribution in [3.05, 3.63) is 83.1 Å². The Balaban J connectivity index is 1.74. The molecule has 0 saturated carbocycles. The number of benzene rings is 2. The lowest BCUT2D eigenvalue weighted by Gasteiger charge is -2.29. The van der Waals surface area contributed by atoms with E-state index in [4.69, 9.17) is 8.92 Å². The van der Waals surface area contributed by atoms with Gasteiger partial charge in [0, 0.05) is 18.3 Å². The minimum absolute atomic E-state index is 0.132. The maximum atomic E-state index is 14.2. The Labute approximate surface area is 180 Å². The summed E-state index contributed by atoms with van der Waals surface area (Å²) in [5.74, 6) is -0.650. The van der Waals surface area contributed by atoms with E-state index in [9.17, 15) is 17.2 Å². The zero-order chi connectivity index (χ0) is 22.4. The Kier molecular flexibility index (Phi) is 7.29. The quantitative estimate of drug-likeness (QED) is 0.589. The SMILES string of the molecule is COc1ccc(C2=CC(COS(C)(=O)=O)=CN(CCCc3ccc(F)cc3)N2)cc1F. The Morgan fingerprint density at radius 3 is 2.48 bits per heavy atom. The number of hydrogen-bond acceptors (Lipinski definition) is 6. The van der Waals surface area contributed by atoms with Crippen LogP contribution in [0.2, 0.25) is 0 Å². The van der Waals surface area contributed by atoms with Crippen LogP contribution in [0.15, 0.2) is 60.3 Å². The standard InChI is InChI=1S/C22H24F2N2O4S/c1-29-22-10-7-18(13-20(22)24)21-12-17(15-30-31(2,27)28)14-26(25-21)11-3-4-16-5-8-19(23)9-6-16/h5-10,12-14,25H,3-4,11,15H2,1-2H3. The number of rotatable bonds is 9. The van der Waals surface area contributed by atoms with E-state index in [0.717, 1.165) is 24.7 Å². The lowest BCUT2D eigenvalue weighted by molar-refractivity contribution is 0.302. The highest BCUT2D eigenvalue weighted by Gasteiger charge is 2.16. The van der Waals surface area contributed by atoms with Crippen molar-refractivity contribution < 1.29 is 26.1 Å². The fraction of sp³-hybridized carbons (Fsp3) is 0.273. The molecule has 0 bridgehead atoms. The number of hydrogen-bond donors (Lipinski definition) is 1. The summed E-state index contributed by atoms with van der Waals surface area (Å²) in [6, 6.07) is 10.9. The molecule has 2 aromatic rings. The molecule has 31 heavy (non-hydrogen) atoms. The largest absolute Gasteiger partial charge is 0.494 e. The number of ether oxygens (including phenoxy) is 1. The zero-order valence-electron chi connectivity index (χ0n) is 17.3. The van der Waals surface area contributed by atoms with Crippen LogP contribution in [0.4, 0.5) is 8.78 Å². The average molecular weight is 451 g/mol. The molecule has 6 nitrogen and oxygen atoms in total. The molecule has 1 heterocycles. The summed E-state index contributed by atoms with van der Waals surface area (Å²) in [5, 5.41) is 1.79. The van der Waals surface area contributed by atoms with Crippen LogP contribution < -0.4 is 10.2 Å². The fourth-order valence-corrected chi connectivity index (χ4v) is 3.45. The molecule has 2 aromatic carbocycles. The number of methoxy groups -OCH3 is 1. The number of halogens is 2. The van der Waals surface area contributed by atoms with Crippen molar-refractivity contribution in [2.24, 2.45) is 0 Å². The predicted molar refractivity (Wildman–Crippen MR) is 114 cm³/mol. The molecule has 0 aliphatic carbocycles. The molecule has 1 N–H and O–H groups in total. The van der Waals surface area contributed by atoms with Gasteiger partial charge in [-0.15, -0.1) is 0 Å². The first kappa shape index (κ1) is 22.8. The first-order valence-electron chi connectivity index (χ1n) is 9.62. The minimum Gasteiger partial charge on any atom is -0.494 e. The third-order valence-corrected chi connectivity index (χ3v) is 5.14. The maximum absolute atomic E-state index is 14.2. The van der Waals surface area contributed by atoms with Crippen molar-refractivity contribution in [3.63, 3.8) is 0 Å². The summed E-state index contributed by atoms with van der Waals surface area (Å²) in [6.07, 6.45) is 5.93. The van der Waals surface area contributed by atoms with Crippen LogP contribution in [0.25, 0.3) is 5.70 Å². The van der Waals surface area contributed by atoms with Crippen LogP contribution in [0.5, 0.6) is 5.75 Å². The van der Waals surface area contributed by atoms with Crippen molar-refractivity contribution in [1.29, 1.82) is 0 Å². The number of aryl methyl sites for hydroxylation is 1. The lowest BCUT2D eigenvalue weighted by atomic mass is 10.1. The normalized spacial score (nSPS) is 14.0. The highest BCUT2D eigenvalue weighted by molar-refractivity contribution is 7.86. The molecule has 3 rings (SSSR count). The molecule has 0 radical (unpaired) electrons. The summed E-state index contributed by atoms with van der Waals surface area (Å²) in [7, 11) is -2.22. The van der Waals surface area contributed by atoms with Gasteiger partial charge in [0.2, 0.25) is 0 Å². The van der Waals surface area contributed by atoms with Gasteiger partial charge in [-0.2, -0.15) is 8.42 Å². The van der Waals surface area contributed by atoms with Gasteiger partial charge in [-0.1, -0.05) is 12.1 Å². The highest BCUT2D eigenvalue weighted by Crippen LogP contribution is 2.25. The van der Waals surface area contributed by atoms with Crippen molar-refractivity contribution >= 4 is 15.8 Å². The molecular formula is C22H24F2N2O4S. The maximum Gasteiger partial charge on any atom is 0.264 e. The van der Waals surface area contributed by atoms with Crippen LogP contribution >= 0.6 is 0 Å². The second kappa shape index (κ2) is 9.93. The van der Waals surface area contributed by atoms with Gasteiger partial charge in [0.25, 0.3) is 10.1 Å². The summed E-state index contributed by atoms with van der Waals surface area (Å²) in [4.78, 5) is 0. The number of hydrazine groups is 1. The van der Waals surface area contributed by atoms with Crippen molar-refractivity contribution in [3.8, 4) is 5.75 Å². The molecule has 0 atom stereocenters. The van der Waals surface area contributed by atoms with Crippen LogP contribution in [0.3, 0.4) is 0 Å². The monoisotopic (exact) mass is 450 g/mol. The molecule has 0 aromatic heterocycles. The summed E-state index contributed by atoms with van der Waals surface area (Å²) in [6.45, 7) is 0.437. The van der Waals surface area contributed by atoms with E-state index in [0.29, 0.717) is 23.4 Å². The number of nitrogens with one attached hydrogen (secondary N) is 1. The van der Waals surface area contributed by atoms with Crippen LogP contribution in [0.1, 0.15) is 17.5 Å². The van der Waals surface area contributed by atoms with Gasteiger partial charge in [-0.25, -0.2) is 8.78 Å². The average Bonchev–Trinajstić information content (AvgIpc) is 2.73. The molecule has 9 heteroatoms. The molecule has 1 aliphatic rings. The predicted octanol–water partition coefficient (Wildman–Crippen LogP) is 3.63. The van der Waals surface area contributed by atoms with E-state index in [1.807, 2.05) is 0 Å². The molecule has 166 valence electrons. The fourth-order valence-electron chi connectivity index (χ4n) is 3.10. The van der Waals surface area contributed by atoms with Crippen molar-refractivity contribution in [2.45, 2.75) is 12.8 Å². The Morgan fingerprint density at radius 2 is 1.84 bits per heavy atom. The summed E-state index contributed by atoms with van der Waals surface area (Å²) >= 11 is 0. The lowest BCUT2D eigenvalue weighted by Crippen LogP contribution is -2.36. The van der Waals surface area contributed by atoms with Gasteiger partial charge in [-0.05, 0) is 60.4 Å². The molecular weight excluding hydrogens is 426 g/mol. The Hall–Kier alpha value is -2.91. The third-order valence-electron chi connectivity index (χ3n) is 4.60. The number of nitrogens with zero attached hydrogens (tertiary/aromatic N) is 1. The van der Waals surface area contributed by atoms with Crippen LogP contribution in [-0.2, 0) is 20.7 Å². The van der Waals surface area contributed by atoms with E-state index in [1.165, 1.54) is 31.4 Å². The third kappa shape index (κ3) is 6.80. The zero-order valence-corrected chi connectivity index (χ0v) is 18.1. The van der Waals surface area contributed by atoms with Gasteiger partial charge < -0.3 is 4.74 Å².